The molecule has 0 unspecified atom stereocenters. The molecule has 2 aromatic carbocycles. The summed E-state index contributed by atoms with van der Waals surface area (Å²) in [6, 6.07) is 9.36. The molecule has 0 radical (unpaired) electrons. The molecule has 0 saturated carbocycles. The van der Waals surface area contributed by atoms with Crippen LogP contribution in [0.1, 0.15) is 10.5 Å². The van der Waals surface area contributed by atoms with Crippen molar-refractivity contribution in [3.8, 4) is 0 Å². The first-order chi connectivity index (χ1) is 11.1. The highest BCUT2D eigenvalue weighted by atomic mass is 32.1. The molecule has 23 heavy (non-hydrogen) atoms. The van der Waals surface area contributed by atoms with Gasteiger partial charge in [-0.05, 0) is 30.3 Å². The predicted octanol–water partition coefficient (Wildman–Crippen LogP) is 3.82. The lowest BCUT2D eigenvalue weighted by atomic mass is 10.1. The molecular formula is C17H10FNO3S. The van der Waals surface area contributed by atoms with E-state index >= 15 is 0 Å². The van der Waals surface area contributed by atoms with Gasteiger partial charge in [0.25, 0.3) is 0 Å². The average molecular weight is 327 g/mol. The molecule has 0 fully saturated rings. The highest BCUT2D eigenvalue weighted by Crippen LogP contribution is 2.37. The Bertz CT molecular complexity index is 1160. The summed E-state index contributed by atoms with van der Waals surface area (Å²) in [6.07, 6.45) is 0. The maximum atomic E-state index is 13.6. The number of methoxy groups -OCH3 is 1. The van der Waals surface area contributed by atoms with Crippen molar-refractivity contribution in [2.75, 3.05) is 7.11 Å². The van der Waals surface area contributed by atoms with E-state index in [4.69, 9.17) is 0 Å². The summed E-state index contributed by atoms with van der Waals surface area (Å²) in [5, 5.41) is 1.86. The second-order valence-corrected chi connectivity index (χ2v) is 6.23. The standard InChI is InChI=1S/C17H10FNO3S/c1-22-17(21)11-7-12(20)16-10(19-11)3-5-14-15(16)9-6-8(18)2-4-13(9)23-14/h2-7H,1H3,(H,19,20). The lowest BCUT2D eigenvalue weighted by Gasteiger charge is -2.04. The van der Waals surface area contributed by atoms with Crippen molar-refractivity contribution in [3.05, 3.63) is 58.1 Å². The van der Waals surface area contributed by atoms with E-state index < -0.39 is 5.97 Å². The molecule has 0 atom stereocenters. The van der Waals surface area contributed by atoms with E-state index in [1.807, 2.05) is 6.07 Å². The number of hydrogen-bond donors (Lipinski definition) is 1. The fourth-order valence-electron chi connectivity index (χ4n) is 2.81. The number of fused-ring (bicyclic) bond motifs is 5. The number of carbonyl (C=O) groups excluding carboxylic acids is 1. The Morgan fingerprint density at radius 2 is 1.91 bits per heavy atom. The zero-order chi connectivity index (χ0) is 16.1. The summed E-state index contributed by atoms with van der Waals surface area (Å²) in [6.45, 7) is 0. The van der Waals surface area contributed by atoms with Gasteiger partial charge in [0, 0.05) is 26.2 Å². The number of benzene rings is 2. The van der Waals surface area contributed by atoms with Gasteiger partial charge in [-0.25, -0.2) is 9.18 Å². The molecule has 0 saturated heterocycles. The predicted molar refractivity (Wildman–Crippen MR) is 88.8 cm³/mol. The molecule has 4 aromatic rings. The Labute approximate surface area is 133 Å². The van der Waals surface area contributed by atoms with Crippen LogP contribution >= 0.6 is 11.3 Å². The van der Waals surface area contributed by atoms with E-state index in [0.29, 0.717) is 21.7 Å². The lowest BCUT2D eigenvalue weighted by Crippen LogP contribution is -2.11. The summed E-state index contributed by atoms with van der Waals surface area (Å²) in [4.78, 5) is 27.1. The number of hydrogen-bond acceptors (Lipinski definition) is 4. The number of carbonyl (C=O) groups is 1. The summed E-state index contributed by atoms with van der Waals surface area (Å²) in [7, 11) is 1.25. The van der Waals surface area contributed by atoms with Crippen molar-refractivity contribution in [3.63, 3.8) is 0 Å². The van der Waals surface area contributed by atoms with Gasteiger partial charge in [-0.15, -0.1) is 11.3 Å². The Morgan fingerprint density at radius 1 is 1.13 bits per heavy atom. The number of nitrogens with one attached hydrogen (secondary N) is 1. The van der Waals surface area contributed by atoms with Crippen LogP contribution in [0.4, 0.5) is 4.39 Å². The van der Waals surface area contributed by atoms with Crippen LogP contribution in [0.15, 0.2) is 41.2 Å². The number of pyridine rings is 1. The van der Waals surface area contributed by atoms with Crippen molar-refractivity contribution >= 4 is 48.4 Å². The van der Waals surface area contributed by atoms with Crippen LogP contribution < -0.4 is 5.43 Å². The van der Waals surface area contributed by atoms with Gasteiger partial charge in [0.05, 0.1) is 18.0 Å². The summed E-state index contributed by atoms with van der Waals surface area (Å²) in [5.41, 5.74) is 0.318. The average Bonchev–Trinajstić information content (AvgIpc) is 2.91. The highest BCUT2D eigenvalue weighted by molar-refractivity contribution is 7.26. The first kappa shape index (κ1) is 13.9. The minimum atomic E-state index is -0.606. The molecule has 0 aliphatic carbocycles. The van der Waals surface area contributed by atoms with Crippen molar-refractivity contribution in [2.45, 2.75) is 0 Å². The summed E-state index contributed by atoms with van der Waals surface area (Å²) >= 11 is 1.50. The zero-order valence-electron chi connectivity index (χ0n) is 12.0. The van der Waals surface area contributed by atoms with Crippen LogP contribution in [0, 0.1) is 5.82 Å². The number of H-pyrrole nitrogens is 1. The van der Waals surface area contributed by atoms with Gasteiger partial charge in [-0.2, -0.15) is 0 Å². The quantitative estimate of drug-likeness (QED) is 0.541. The minimum Gasteiger partial charge on any atom is -0.464 e. The Kier molecular flexibility index (Phi) is 2.96. The lowest BCUT2D eigenvalue weighted by molar-refractivity contribution is 0.0594. The first-order valence-electron chi connectivity index (χ1n) is 6.84. The van der Waals surface area contributed by atoms with E-state index in [1.54, 1.807) is 12.1 Å². The van der Waals surface area contributed by atoms with Crippen LogP contribution in [-0.4, -0.2) is 18.1 Å². The van der Waals surface area contributed by atoms with E-state index in [0.717, 1.165) is 9.40 Å². The molecule has 1 N–H and O–H groups in total. The van der Waals surface area contributed by atoms with E-state index in [1.165, 1.54) is 36.6 Å². The van der Waals surface area contributed by atoms with E-state index in [9.17, 15) is 14.0 Å². The molecule has 6 heteroatoms. The molecule has 4 rings (SSSR count). The highest BCUT2D eigenvalue weighted by Gasteiger charge is 2.15. The molecule has 0 amide bonds. The molecule has 0 aliphatic heterocycles. The third kappa shape index (κ3) is 2.03. The van der Waals surface area contributed by atoms with Crippen LogP contribution in [-0.2, 0) is 4.74 Å². The van der Waals surface area contributed by atoms with Gasteiger partial charge in [0.2, 0.25) is 0 Å². The normalized spacial score (nSPS) is 11.4. The van der Waals surface area contributed by atoms with Crippen LogP contribution in [0.2, 0.25) is 0 Å². The third-order valence-corrected chi connectivity index (χ3v) is 4.93. The maximum Gasteiger partial charge on any atom is 0.354 e. The molecule has 0 bridgehead atoms. The van der Waals surface area contributed by atoms with Gasteiger partial charge in [0.15, 0.2) is 5.43 Å². The third-order valence-electron chi connectivity index (χ3n) is 3.79. The topological polar surface area (TPSA) is 59.2 Å². The molecular weight excluding hydrogens is 317 g/mol. The fraction of sp³-hybridized carbons (Fsp3) is 0.0588. The van der Waals surface area contributed by atoms with Crippen LogP contribution in [0.5, 0.6) is 0 Å². The summed E-state index contributed by atoms with van der Waals surface area (Å²) in [5.74, 6) is -0.956. The largest absolute Gasteiger partial charge is 0.464 e. The van der Waals surface area contributed by atoms with Crippen LogP contribution in [0.25, 0.3) is 31.1 Å². The SMILES string of the molecule is COC(=O)c1cc(=O)c2c(ccc3sc4ccc(F)cc4c32)[nH]1. The maximum absolute atomic E-state index is 13.6. The number of rotatable bonds is 1. The second-order valence-electron chi connectivity index (χ2n) is 5.14. The number of thiophene rings is 1. The van der Waals surface area contributed by atoms with Gasteiger partial charge < -0.3 is 9.72 Å². The molecule has 0 aliphatic rings. The molecule has 114 valence electrons. The minimum absolute atomic E-state index is 0.0927. The van der Waals surface area contributed by atoms with Crippen molar-refractivity contribution in [2.24, 2.45) is 0 Å². The van der Waals surface area contributed by atoms with Gasteiger partial charge in [-0.1, -0.05) is 0 Å². The smallest absolute Gasteiger partial charge is 0.354 e. The van der Waals surface area contributed by atoms with Gasteiger partial charge in [0.1, 0.15) is 11.5 Å². The number of halogens is 1. The monoisotopic (exact) mass is 327 g/mol. The molecule has 0 spiro atoms. The summed E-state index contributed by atoms with van der Waals surface area (Å²) < 4.78 is 20.1. The van der Waals surface area contributed by atoms with Crippen molar-refractivity contribution < 1.29 is 13.9 Å². The van der Waals surface area contributed by atoms with Gasteiger partial charge in [-0.3, -0.25) is 4.79 Å². The number of ether oxygens (including phenoxy) is 1. The number of aromatic nitrogens is 1. The van der Waals surface area contributed by atoms with E-state index in [-0.39, 0.29) is 16.9 Å². The molecule has 2 heterocycles. The van der Waals surface area contributed by atoms with Gasteiger partial charge >= 0.3 is 5.97 Å². The Hall–Kier alpha value is -2.73. The zero-order valence-corrected chi connectivity index (χ0v) is 12.8. The second kappa shape index (κ2) is 4.89. The van der Waals surface area contributed by atoms with Crippen LogP contribution in [0.3, 0.4) is 0 Å². The Morgan fingerprint density at radius 3 is 2.70 bits per heavy atom. The molecule has 2 aromatic heterocycles. The Balaban J connectivity index is 2.20. The first-order valence-corrected chi connectivity index (χ1v) is 7.66. The number of esters is 1. The fourth-order valence-corrected chi connectivity index (χ4v) is 3.90. The number of aromatic amines is 1. The van der Waals surface area contributed by atoms with Crippen molar-refractivity contribution in [1.29, 1.82) is 0 Å². The molecule has 4 nitrogen and oxygen atoms in total. The van der Waals surface area contributed by atoms with E-state index in [2.05, 4.69) is 9.72 Å². The van der Waals surface area contributed by atoms with Crippen molar-refractivity contribution in [1.82, 2.24) is 4.98 Å².